The van der Waals surface area contributed by atoms with E-state index in [0.717, 1.165) is 5.56 Å². The summed E-state index contributed by atoms with van der Waals surface area (Å²) < 4.78 is 13.7. The van der Waals surface area contributed by atoms with Crippen molar-refractivity contribution in [2.45, 2.75) is 25.6 Å². The minimum absolute atomic E-state index is 0.183. The molecular formula is C13H15FN2. The van der Waals surface area contributed by atoms with Gasteiger partial charge in [0, 0.05) is 12.6 Å². The zero-order valence-corrected chi connectivity index (χ0v) is 9.28. The minimum atomic E-state index is -1.96. The van der Waals surface area contributed by atoms with Crippen molar-refractivity contribution in [2.24, 2.45) is 0 Å². The maximum Gasteiger partial charge on any atom is 0.266 e. The zero-order chi connectivity index (χ0) is 11.9. The molecule has 0 aliphatic rings. The maximum atomic E-state index is 13.7. The van der Waals surface area contributed by atoms with E-state index < -0.39 is 5.79 Å². The summed E-state index contributed by atoms with van der Waals surface area (Å²) in [6.07, 6.45) is 4.02. The summed E-state index contributed by atoms with van der Waals surface area (Å²) >= 11 is 0. The summed E-state index contributed by atoms with van der Waals surface area (Å²) in [5, 5.41) is 11.2. The molecule has 0 heterocycles. The van der Waals surface area contributed by atoms with Crippen molar-refractivity contribution in [3.8, 4) is 6.07 Å². The van der Waals surface area contributed by atoms with Gasteiger partial charge >= 0.3 is 0 Å². The van der Waals surface area contributed by atoms with E-state index in [4.69, 9.17) is 5.26 Å². The molecule has 84 valence electrons. The number of halogens is 1. The number of benzene rings is 1. The van der Waals surface area contributed by atoms with E-state index >= 15 is 0 Å². The molecule has 1 unspecified atom stereocenters. The smallest absolute Gasteiger partial charge is 0.266 e. The van der Waals surface area contributed by atoms with E-state index in [1.165, 1.54) is 6.20 Å². The minimum Gasteiger partial charge on any atom is -0.348 e. The van der Waals surface area contributed by atoms with Crippen molar-refractivity contribution in [1.82, 2.24) is 5.32 Å². The molecule has 0 aliphatic carbocycles. The molecule has 0 aromatic heterocycles. The first-order valence-electron chi connectivity index (χ1n) is 5.29. The Morgan fingerprint density at radius 2 is 2.12 bits per heavy atom. The van der Waals surface area contributed by atoms with Crippen molar-refractivity contribution in [3.63, 3.8) is 0 Å². The van der Waals surface area contributed by atoms with Crippen LogP contribution in [0.15, 0.2) is 36.5 Å². The van der Waals surface area contributed by atoms with Crippen LogP contribution in [0.3, 0.4) is 0 Å². The van der Waals surface area contributed by atoms with E-state index in [9.17, 15) is 4.39 Å². The summed E-state index contributed by atoms with van der Waals surface area (Å²) in [6.45, 7) is 1.84. The summed E-state index contributed by atoms with van der Waals surface area (Å²) in [4.78, 5) is 0. The Bertz CT molecular complexity index is 381. The highest BCUT2D eigenvalue weighted by Gasteiger charge is 2.25. The third-order valence-corrected chi connectivity index (χ3v) is 2.16. The summed E-state index contributed by atoms with van der Waals surface area (Å²) in [6, 6.07) is 11.2. The first kappa shape index (κ1) is 12.3. The SMILES string of the molecule is CCCC(F)(C#N)NC=Cc1ccccc1. The summed E-state index contributed by atoms with van der Waals surface area (Å²) in [5.41, 5.74) is 0.965. The summed E-state index contributed by atoms with van der Waals surface area (Å²) in [7, 11) is 0. The van der Waals surface area contributed by atoms with E-state index in [1.807, 2.05) is 37.3 Å². The molecule has 0 saturated carbocycles. The van der Waals surface area contributed by atoms with Gasteiger partial charge in [0.2, 0.25) is 0 Å². The Hall–Kier alpha value is -1.82. The van der Waals surface area contributed by atoms with Crippen molar-refractivity contribution in [3.05, 3.63) is 42.1 Å². The van der Waals surface area contributed by atoms with Crippen LogP contribution in [-0.2, 0) is 0 Å². The number of nitriles is 1. The van der Waals surface area contributed by atoms with Gasteiger partial charge in [-0.25, -0.2) is 4.39 Å². The van der Waals surface area contributed by atoms with Gasteiger partial charge in [0.25, 0.3) is 5.79 Å². The van der Waals surface area contributed by atoms with E-state index in [2.05, 4.69) is 5.32 Å². The standard InChI is InChI=1S/C13H15FN2/c1-2-9-13(14,11-15)16-10-8-12-6-4-3-5-7-12/h3-8,10,16H,2,9H2,1H3. The molecule has 3 heteroatoms. The van der Waals surface area contributed by atoms with Gasteiger partial charge in [0.15, 0.2) is 0 Å². The fourth-order valence-electron chi connectivity index (χ4n) is 1.34. The van der Waals surface area contributed by atoms with Gasteiger partial charge in [0.1, 0.15) is 6.07 Å². The van der Waals surface area contributed by atoms with Gasteiger partial charge in [-0.2, -0.15) is 5.26 Å². The Balaban J connectivity index is 2.57. The molecular weight excluding hydrogens is 203 g/mol. The van der Waals surface area contributed by atoms with Gasteiger partial charge in [0.05, 0.1) is 0 Å². The van der Waals surface area contributed by atoms with Gasteiger partial charge in [-0.05, 0) is 11.6 Å². The topological polar surface area (TPSA) is 35.8 Å². The third-order valence-electron chi connectivity index (χ3n) is 2.16. The maximum absolute atomic E-state index is 13.7. The quantitative estimate of drug-likeness (QED) is 0.770. The lowest BCUT2D eigenvalue weighted by Crippen LogP contribution is -2.35. The first-order valence-corrected chi connectivity index (χ1v) is 5.29. The highest BCUT2D eigenvalue weighted by atomic mass is 19.1. The molecule has 1 atom stereocenters. The van der Waals surface area contributed by atoms with Crippen molar-refractivity contribution in [1.29, 1.82) is 5.26 Å². The Morgan fingerprint density at radius 3 is 2.69 bits per heavy atom. The average Bonchev–Trinajstić information content (AvgIpc) is 2.31. The molecule has 0 bridgehead atoms. The second kappa shape index (κ2) is 5.92. The molecule has 0 spiro atoms. The molecule has 0 amide bonds. The van der Waals surface area contributed by atoms with Crippen LogP contribution in [0.5, 0.6) is 0 Å². The lowest BCUT2D eigenvalue weighted by atomic mass is 10.1. The van der Waals surface area contributed by atoms with Gasteiger partial charge < -0.3 is 5.32 Å². The predicted molar refractivity (Wildman–Crippen MR) is 63.0 cm³/mol. The fourth-order valence-corrected chi connectivity index (χ4v) is 1.34. The number of nitrogens with one attached hydrogen (secondary N) is 1. The molecule has 0 fully saturated rings. The highest BCUT2D eigenvalue weighted by molar-refractivity contribution is 5.48. The van der Waals surface area contributed by atoms with Crippen molar-refractivity contribution < 1.29 is 4.39 Å². The van der Waals surface area contributed by atoms with E-state index in [0.29, 0.717) is 6.42 Å². The Labute approximate surface area is 95.4 Å². The van der Waals surface area contributed by atoms with Crippen LogP contribution in [0, 0.1) is 11.3 Å². The predicted octanol–water partition coefficient (Wildman–Crippen LogP) is 3.24. The first-order chi connectivity index (χ1) is 7.70. The number of alkyl halides is 1. The van der Waals surface area contributed by atoms with Crippen LogP contribution < -0.4 is 5.32 Å². The highest BCUT2D eigenvalue weighted by Crippen LogP contribution is 2.13. The molecule has 1 rings (SSSR count). The Morgan fingerprint density at radius 1 is 1.44 bits per heavy atom. The average molecular weight is 218 g/mol. The normalized spacial score (nSPS) is 14.3. The van der Waals surface area contributed by atoms with Crippen LogP contribution >= 0.6 is 0 Å². The second-order valence-corrected chi connectivity index (χ2v) is 3.55. The van der Waals surface area contributed by atoms with Crippen molar-refractivity contribution in [2.75, 3.05) is 0 Å². The fraction of sp³-hybridized carbons (Fsp3) is 0.308. The van der Waals surface area contributed by atoms with Gasteiger partial charge in [-0.1, -0.05) is 43.7 Å². The van der Waals surface area contributed by atoms with Crippen LogP contribution in [0.25, 0.3) is 6.08 Å². The molecule has 0 saturated heterocycles. The molecule has 1 aromatic rings. The zero-order valence-electron chi connectivity index (χ0n) is 9.28. The second-order valence-electron chi connectivity index (χ2n) is 3.55. The summed E-state index contributed by atoms with van der Waals surface area (Å²) in [5.74, 6) is -1.96. The molecule has 16 heavy (non-hydrogen) atoms. The lowest BCUT2D eigenvalue weighted by Gasteiger charge is -2.16. The van der Waals surface area contributed by atoms with Crippen LogP contribution in [0.1, 0.15) is 25.3 Å². The molecule has 1 aromatic carbocycles. The Kier molecular flexibility index (Phi) is 4.53. The molecule has 0 aliphatic heterocycles. The van der Waals surface area contributed by atoms with Crippen LogP contribution in [0.2, 0.25) is 0 Å². The largest absolute Gasteiger partial charge is 0.348 e. The number of rotatable bonds is 5. The third kappa shape index (κ3) is 3.74. The van der Waals surface area contributed by atoms with E-state index in [1.54, 1.807) is 12.1 Å². The van der Waals surface area contributed by atoms with E-state index in [-0.39, 0.29) is 6.42 Å². The van der Waals surface area contributed by atoms with Gasteiger partial charge in [-0.15, -0.1) is 0 Å². The number of nitrogens with zero attached hydrogens (tertiary/aromatic N) is 1. The molecule has 2 nitrogen and oxygen atoms in total. The molecule has 0 radical (unpaired) electrons. The lowest BCUT2D eigenvalue weighted by molar-refractivity contribution is 0.193. The number of hydrogen-bond donors (Lipinski definition) is 1. The monoisotopic (exact) mass is 218 g/mol. The molecule has 1 N–H and O–H groups in total. The van der Waals surface area contributed by atoms with Crippen LogP contribution in [-0.4, -0.2) is 5.79 Å². The van der Waals surface area contributed by atoms with Crippen molar-refractivity contribution >= 4 is 6.08 Å². The van der Waals surface area contributed by atoms with Crippen LogP contribution in [0.4, 0.5) is 4.39 Å². The number of hydrogen-bond acceptors (Lipinski definition) is 2. The van der Waals surface area contributed by atoms with Gasteiger partial charge in [-0.3, -0.25) is 0 Å².